The van der Waals surface area contributed by atoms with Gasteiger partial charge in [0, 0.05) is 17.5 Å². The Balaban J connectivity index is 1.73. The molecule has 0 aromatic heterocycles. The molecule has 0 unspecified atom stereocenters. The summed E-state index contributed by atoms with van der Waals surface area (Å²) in [5.41, 5.74) is 5.36. The van der Waals surface area contributed by atoms with Crippen molar-refractivity contribution >= 4 is 28.5 Å². The highest BCUT2D eigenvalue weighted by atomic mass is 16.1. The second kappa shape index (κ2) is 8.21. The third-order valence-corrected chi connectivity index (χ3v) is 4.96. The zero-order chi connectivity index (χ0) is 21.1. The van der Waals surface area contributed by atoms with Crippen molar-refractivity contribution in [2.45, 2.75) is 13.8 Å². The van der Waals surface area contributed by atoms with Crippen molar-refractivity contribution in [1.82, 2.24) is 0 Å². The van der Waals surface area contributed by atoms with E-state index in [9.17, 15) is 9.59 Å². The van der Waals surface area contributed by atoms with Crippen LogP contribution in [0.25, 0.3) is 5.57 Å². The molecule has 3 aromatic carbocycles. The molecule has 3 aromatic rings. The highest BCUT2D eigenvalue weighted by Crippen LogP contribution is 2.30. The van der Waals surface area contributed by atoms with Crippen LogP contribution in [0.2, 0.25) is 0 Å². The Kier molecular flexibility index (Phi) is 5.31. The van der Waals surface area contributed by atoms with Crippen LogP contribution in [0, 0.1) is 13.8 Å². The molecule has 4 rings (SSSR count). The van der Waals surface area contributed by atoms with Crippen molar-refractivity contribution in [3.63, 3.8) is 0 Å². The molecule has 0 fully saturated rings. The number of Topliss-reactive ketones (excluding diaryl/α,β-unsaturated/α-hetero) is 1. The third-order valence-electron chi connectivity index (χ3n) is 4.96. The number of hydrogen-bond acceptors (Lipinski definition) is 4. The summed E-state index contributed by atoms with van der Waals surface area (Å²) in [6.07, 6.45) is 1.37. The monoisotopic (exact) mass is 394 g/mol. The van der Waals surface area contributed by atoms with Crippen LogP contribution in [0.5, 0.6) is 0 Å². The van der Waals surface area contributed by atoms with E-state index in [1.807, 2.05) is 92.7 Å². The lowest BCUT2D eigenvalue weighted by molar-refractivity contribution is -0.114. The summed E-state index contributed by atoms with van der Waals surface area (Å²) < 4.78 is 0. The molecule has 1 aliphatic carbocycles. The summed E-state index contributed by atoms with van der Waals surface area (Å²) in [4.78, 5) is 26.5. The first-order valence-corrected chi connectivity index (χ1v) is 9.79. The van der Waals surface area contributed by atoms with E-state index in [0.29, 0.717) is 11.1 Å². The van der Waals surface area contributed by atoms with Crippen molar-refractivity contribution in [2.24, 2.45) is 0 Å². The number of nitrogens with one attached hydrogen (secondary N) is 2. The lowest BCUT2D eigenvalue weighted by atomic mass is 9.91. The van der Waals surface area contributed by atoms with E-state index >= 15 is 0 Å². The van der Waals surface area contributed by atoms with Gasteiger partial charge in [0.25, 0.3) is 0 Å². The molecule has 4 heteroatoms. The predicted octanol–water partition coefficient (Wildman–Crippen LogP) is 5.27. The van der Waals surface area contributed by atoms with Gasteiger partial charge in [-0.15, -0.1) is 0 Å². The number of carbonyl (C=O) groups is 2. The number of rotatable bonds is 5. The predicted molar refractivity (Wildman–Crippen MR) is 121 cm³/mol. The quantitative estimate of drug-likeness (QED) is 0.579. The van der Waals surface area contributed by atoms with Crippen LogP contribution >= 0.6 is 0 Å². The molecular formula is C26H22N2O2. The SMILES string of the molecule is Cc1ccc(NC2=CC(=O)C(Nc3ccc(C)cc3)=C(c3ccccc3)C2=O)cc1. The molecule has 0 saturated carbocycles. The van der Waals surface area contributed by atoms with E-state index < -0.39 is 0 Å². The van der Waals surface area contributed by atoms with E-state index in [-0.39, 0.29) is 23.0 Å². The van der Waals surface area contributed by atoms with E-state index in [1.165, 1.54) is 6.08 Å². The van der Waals surface area contributed by atoms with Crippen LogP contribution in [-0.4, -0.2) is 11.6 Å². The van der Waals surface area contributed by atoms with Crippen molar-refractivity contribution in [3.8, 4) is 0 Å². The molecule has 30 heavy (non-hydrogen) atoms. The summed E-state index contributed by atoms with van der Waals surface area (Å²) in [6, 6.07) is 24.7. The van der Waals surface area contributed by atoms with Crippen LogP contribution in [0.3, 0.4) is 0 Å². The number of anilines is 2. The summed E-state index contributed by atoms with van der Waals surface area (Å²) in [5, 5.41) is 6.27. The maximum Gasteiger partial charge on any atom is 0.212 e. The van der Waals surface area contributed by atoms with E-state index in [4.69, 9.17) is 0 Å². The number of ketones is 2. The van der Waals surface area contributed by atoms with Gasteiger partial charge in [0.15, 0.2) is 0 Å². The Morgan fingerprint density at radius 1 is 0.633 bits per heavy atom. The van der Waals surface area contributed by atoms with Gasteiger partial charge in [0.05, 0.1) is 17.0 Å². The lowest BCUT2D eigenvalue weighted by Gasteiger charge is -2.21. The first-order valence-electron chi connectivity index (χ1n) is 9.79. The molecule has 0 atom stereocenters. The first-order chi connectivity index (χ1) is 14.5. The van der Waals surface area contributed by atoms with Gasteiger partial charge in [-0.2, -0.15) is 0 Å². The molecule has 0 amide bonds. The average Bonchev–Trinajstić information content (AvgIpc) is 2.75. The van der Waals surface area contributed by atoms with Gasteiger partial charge in [-0.1, -0.05) is 65.7 Å². The van der Waals surface area contributed by atoms with Crippen LogP contribution in [0.1, 0.15) is 16.7 Å². The van der Waals surface area contributed by atoms with Crippen molar-refractivity contribution in [1.29, 1.82) is 0 Å². The molecule has 4 nitrogen and oxygen atoms in total. The maximum absolute atomic E-state index is 13.4. The van der Waals surface area contributed by atoms with E-state index in [2.05, 4.69) is 10.6 Å². The van der Waals surface area contributed by atoms with E-state index in [1.54, 1.807) is 0 Å². The second-order valence-electron chi connectivity index (χ2n) is 7.35. The van der Waals surface area contributed by atoms with Gasteiger partial charge >= 0.3 is 0 Å². The minimum atomic E-state index is -0.247. The zero-order valence-electron chi connectivity index (χ0n) is 16.9. The minimum absolute atomic E-state index is 0.226. The molecule has 0 spiro atoms. The van der Waals surface area contributed by atoms with Gasteiger partial charge in [0.1, 0.15) is 0 Å². The topological polar surface area (TPSA) is 58.2 Å². The van der Waals surface area contributed by atoms with Crippen LogP contribution < -0.4 is 10.6 Å². The number of allylic oxidation sites excluding steroid dienone is 2. The molecule has 0 radical (unpaired) electrons. The summed E-state index contributed by atoms with van der Waals surface area (Å²) in [5.74, 6) is -0.473. The molecular weight excluding hydrogens is 372 g/mol. The molecule has 1 aliphatic rings. The third kappa shape index (κ3) is 4.08. The largest absolute Gasteiger partial charge is 0.352 e. The normalized spacial score (nSPS) is 13.9. The Labute approximate surface area is 176 Å². The minimum Gasteiger partial charge on any atom is -0.352 e. The Hall–Kier alpha value is -3.92. The average molecular weight is 394 g/mol. The van der Waals surface area contributed by atoms with Crippen LogP contribution in [0.4, 0.5) is 11.4 Å². The summed E-state index contributed by atoms with van der Waals surface area (Å²) in [7, 11) is 0. The Morgan fingerprint density at radius 3 is 1.73 bits per heavy atom. The molecule has 0 aliphatic heterocycles. The Morgan fingerprint density at radius 2 is 1.17 bits per heavy atom. The fourth-order valence-electron chi connectivity index (χ4n) is 3.31. The maximum atomic E-state index is 13.4. The fourth-order valence-corrected chi connectivity index (χ4v) is 3.31. The van der Waals surface area contributed by atoms with Crippen LogP contribution in [-0.2, 0) is 9.59 Å². The number of hydrogen-bond donors (Lipinski definition) is 2. The molecule has 0 saturated heterocycles. The summed E-state index contributed by atoms with van der Waals surface area (Å²) in [6.45, 7) is 4.00. The van der Waals surface area contributed by atoms with Crippen molar-refractivity contribution < 1.29 is 9.59 Å². The van der Waals surface area contributed by atoms with E-state index in [0.717, 1.165) is 22.5 Å². The highest BCUT2D eigenvalue weighted by molar-refractivity contribution is 6.39. The van der Waals surface area contributed by atoms with Gasteiger partial charge in [0.2, 0.25) is 11.6 Å². The molecule has 2 N–H and O–H groups in total. The van der Waals surface area contributed by atoms with Gasteiger partial charge in [-0.25, -0.2) is 0 Å². The van der Waals surface area contributed by atoms with Crippen molar-refractivity contribution in [2.75, 3.05) is 10.6 Å². The number of aryl methyl sites for hydroxylation is 2. The number of carbonyl (C=O) groups excluding carboxylic acids is 2. The summed E-state index contributed by atoms with van der Waals surface area (Å²) >= 11 is 0. The van der Waals surface area contributed by atoms with Crippen LogP contribution in [0.15, 0.2) is 96.3 Å². The Bertz CT molecular complexity index is 1160. The van der Waals surface area contributed by atoms with Gasteiger partial charge in [-0.05, 0) is 43.7 Å². The first kappa shape index (κ1) is 19.4. The molecule has 148 valence electrons. The van der Waals surface area contributed by atoms with Crippen molar-refractivity contribution in [3.05, 3.63) is 113 Å². The zero-order valence-corrected chi connectivity index (χ0v) is 16.9. The smallest absolute Gasteiger partial charge is 0.212 e. The fraction of sp³-hybridized carbons (Fsp3) is 0.0769. The van der Waals surface area contributed by atoms with Gasteiger partial charge < -0.3 is 10.6 Å². The second-order valence-corrected chi connectivity index (χ2v) is 7.35. The standard InChI is InChI=1S/C26H22N2O2/c1-17-8-12-20(13-9-17)27-22-16-23(29)25(28-21-14-10-18(2)11-15-21)24(26(22)30)19-6-4-3-5-7-19/h3-16,27-28H,1-2H3. The lowest BCUT2D eigenvalue weighted by Crippen LogP contribution is -2.26. The number of benzene rings is 3. The molecule has 0 heterocycles. The highest BCUT2D eigenvalue weighted by Gasteiger charge is 2.30. The molecule has 0 bridgehead atoms. The van der Waals surface area contributed by atoms with Gasteiger partial charge in [-0.3, -0.25) is 9.59 Å².